The normalized spacial score (nSPS) is 11.6. The summed E-state index contributed by atoms with van der Waals surface area (Å²) >= 11 is 0. The van der Waals surface area contributed by atoms with Crippen molar-refractivity contribution >= 4 is 11.7 Å². The van der Waals surface area contributed by atoms with Crippen LogP contribution in [-0.2, 0) is 4.74 Å². The van der Waals surface area contributed by atoms with Crippen molar-refractivity contribution in [3.8, 4) is 22.6 Å². The molecule has 8 heteroatoms. The van der Waals surface area contributed by atoms with E-state index < -0.39 is 17.0 Å². The SMILES string of the molecule is C[C@H](OC(=O)c1ccc(-c2ccccc2)cc1)c1nnc(-c2ccc([N+](=O)[O-])cc2)o1. The number of non-ortho nitro benzene ring substituents is 1. The summed E-state index contributed by atoms with van der Waals surface area (Å²) in [5.74, 6) is -0.204. The number of carbonyl (C=O) groups excluding carboxylic acids is 1. The lowest BCUT2D eigenvalue weighted by atomic mass is 10.0. The fourth-order valence-electron chi connectivity index (χ4n) is 2.95. The molecule has 0 N–H and O–H groups in total. The first-order valence-corrected chi connectivity index (χ1v) is 9.46. The topological polar surface area (TPSA) is 108 Å². The van der Waals surface area contributed by atoms with Crippen LogP contribution in [0.15, 0.2) is 83.3 Å². The molecular formula is C23H17N3O5. The standard InChI is InChI=1S/C23H17N3O5/c1-15(21-24-25-22(31-21)18-11-13-20(14-12-18)26(28)29)30-23(27)19-9-7-17(8-10-19)16-5-3-2-4-6-16/h2-15H,1H3/t15-/m0/s1. The molecule has 1 aromatic heterocycles. The van der Waals surface area contributed by atoms with Crippen molar-refractivity contribution in [1.29, 1.82) is 0 Å². The van der Waals surface area contributed by atoms with Crippen molar-refractivity contribution in [3.05, 3.63) is 100 Å². The molecular weight excluding hydrogens is 398 g/mol. The second kappa shape index (κ2) is 8.58. The number of ether oxygens (including phenoxy) is 1. The van der Waals surface area contributed by atoms with Gasteiger partial charge >= 0.3 is 5.97 Å². The highest BCUT2D eigenvalue weighted by Gasteiger charge is 2.20. The second-order valence-electron chi connectivity index (χ2n) is 6.74. The van der Waals surface area contributed by atoms with Crippen molar-refractivity contribution in [1.82, 2.24) is 10.2 Å². The van der Waals surface area contributed by atoms with Crippen LogP contribution in [0, 0.1) is 10.1 Å². The largest absolute Gasteiger partial charge is 0.449 e. The van der Waals surface area contributed by atoms with E-state index in [9.17, 15) is 14.9 Å². The van der Waals surface area contributed by atoms with Gasteiger partial charge < -0.3 is 9.15 Å². The number of esters is 1. The Morgan fingerprint density at radius 1 is 0.903 bits per heavy atom. The van der Waals surface area contributed by atoms with Crippen LogP contribution < -0.4 is 0 Å². The molecule has 4 rings (SSSR count). The Hall–Kier alpha value is -4.33. The number of rotatable bonds is 6. The molecule has 0 bridgehead atoms. The number of benzene rings is 3. The lowest BCUT2D eigenvalue weighted by molar-refractivity contribution is -0.384. The summed E-state index contributed by atoms with van der Waals surface area (Å²) in [6.45, 7) is 1.63. The summed E-state index contributed by atoms with van der Waals surface area (Å²) in [7, 11) is 0. The minimum atomic E-state index is -0.763. The van der Waals surface area contributed by atoms with Crippen LogP contribution in [0.4, 0.5) is 5.69 Å². The van der Waals surface area contributed by atoms with Crippen LogP contribution in [0.1, 0.15) is 29.3 Å². The molecule has 0 saturated heterocycles. The molecule has 0 fully saturated rings. The van der Waals surface area contributed by atoms with Crippen LogP contribution in [0.2, 0.25) is 0 Å². The summed E-state index contributed by atoms with van der Waals surface area (Å²) in [4.78, 5) is 22.7. The maximum atomic E-state index is 12.5. The highest BCUT2D eigenvalue weighted by atomic mass is 16.6. The first kappa shape index (κ1) is 20.0. The Balaban J connectivity index is 1.43. The Morgan fingerprint density at radius 3 is 2.16 bits per heavy atom. The average Bonchev–Trinajstić information content (AvgIpc) is 3.30. The zero-order valence-electron chi connectivity index (χ0n) is 16.5. The predicted octanol–water partition coefficient (Wildman–Crippen LogP) is 5.23. The van der Waals surface area contributed by atoms with Crippen molar-refractivity contribution in [3.63, 3.8) is 0 Å². The maximum Gasteiger partial charge on any atom is 0.338 e. The van der Waals surface area contributed by atoms with E-state index in [4.69, 9.17) is 9.15 Å². The molecule has 0 saturated carbocycles. The van der Waals surface area contributed by atoms with Crippen molar-refractivity contribution in [2.75, 3.05) is 0 Å². The second-order valence-corrected chi connectivity index (χ2v) is 6.74. The third kappa shape index (κ3) is 4.48. The van der Waals surface area contributed by atoms with E-state index in [0.29, 0.717) is 11.1 Å². The van der Waals surface area contributed by atoms with Gasteiger partial charge in [0.25, 0.3) is 11.6 Å². The number of hydrogen-bond donors (Lipinski definition) is 0. The summed E-state index contributed by atoms with van der Waals surface area (Å²) < 4.78 is 11.0. The molecule has 0 unspecified atom stereocenters. The molecule has 31 heavy (non-hydrogen) atoms. The quantitative estimate of drug-likeness (QED) is 0.241. The monoisotopic (exact) mass is 415 g/mol. The summed E-state index contributed by atoms with van der Waals surface area (Å²) in [6.07, 6.45) is -0.763. The van der Waals surface area contributed by atoms with Gasteiger partial charge in [0.1, 0.15) is 0 Å². The third-order valence-corrected chi connectivity index (χ3v) is 4.63. The van der Waals surface area contributed by atoms with Gasteiger partial charge in [0.2, 0.25) is 5.89 Å². The van der Waals surface area contributed by atoms with Gasteiger partial charge in [-0.05, 0) is 42.3 Å². The van der Waals surface area contributed by atoms with E-state index in [1.54, 1.807) is 19.1 Å². The van der Waals surface area contributed by atoms with E-state index in [-0.39, 0.29) is 17.5 Å². The molecule has 1 heterocycles. The molecule has 0 amide bonds. The Kier molecular flexibility index (Phi) is 5.53. The fraction of sp³-hybridized carbons (Fsp3) is 0.0870. The van der Waals surface area contributed by atoms with Crippen molar-refractivity contribution in [2.24, 2.45) is 0 Å². The van der Waals surface area contributed by atoms with Crippen molar-refractivity contribution in [2.45, 2.75) is 13.0 Å². The lowest BCUT2D eigenvalue weighted by Gasteiger charge is -2.10. The molecule has 154 valence electrons. The summed E-state index contributed by atoms with van der Waals surface area (Å²) in [5.41, 5.74) is 2.94. The average molecular weight is 415 g/mol. The first-order chi connectivity index (χ1) is 15.0. The summed E-state index contributed by atoms with van der Waals surface area (Å²) in [6, 6.07) is 22.7. The van der Waals surface area contributed by atoms with E-state index in [1.807, 2.05) is 42.5 Å². The van der Waals surface area contributed by atoms with Crippen LogP contribution in [-0.4, -0.2) is 21.1 Å². The molecule has 0 radical (unpaired) electrons. The predicted molar refractivity (Wildman–Crippen MR) is 112 cm³/mol. The van der Waals surface area contributed by atoms with Crippen LogP contribution >= 0.6 is 0 Å². The smallest absolute Gasteiger partial charge is 0.338 e. The molecule has 0 spiro atoms. The van der Waals surface area contributed by atoms with Gasteiger partial charge in [-0.1, -0.05) is 42.5 Å². The highest BCUT2D eigenvalue weighted by Crippen LogP contribution is 2.25. The Morgan fingerprint density at radius 2 is 1.52 bits per heavy atom. The van der Waals surface area contributed by atoms with E-state index in [0.717, 1.165) is 11.1 Å². The van der Waals surface area contributed by atoms with Gasteiger partial charge in [-0.15, -0.1) is 10.2 Å². The molecule has 4 aromatic rings. The molecule has 0 aliphatic carbocycles. The van der Waals surface area contributed by atoms with E-state index in [1.165, 1.54) is 24.3 Å². The van der Waals surface area contributed by atoms with Crippen LogP contribution in [0.3, 0.4) is 0 Å². The molecule has 3 aromatic carbocycles. The minimum absolute atomic E-state index is 0.0379. The number of carbonyl (C=O) groups is 1. The number of nitro benzene ring substituents is 1. The van der Waals surface area contributed by atoms with Crippen LogP contribution in [0.25, 0.3) is 22.6 Å². The fourth-order valence-corrected chi connectivity index (χ4v) is 2.95. The van der Waals surface area contributed by atoms with Gasteiger partial charge in [0.05, 0.1) is 10.5 Å². The molecule has 8 nitrogen and oxygen atoms in total. The van der Waals surface area contributed by atoms with Gasteiger partial charge in [-0.2, -0.15) is 0 Å². The first-order valence-electron chi connectivity index (χ1n) is 9.46. The van der Waals surface area contributed by atoms with Gasteiger partial charge in [-0.25, -0.2) is 4.79 Å². The van der Waals surface area contributed by atoms with E-state index >= 15 is 0 Å². The molecule has 0 aliphatic heterocycles. The van der Waals surface area contributed by atoms with Gasteiger partial charge in [0, 0.05) is 17.7 Å². The molecule has 0 aliphatic rings. The zero-order chi connectivity index (χ0) is 21.8. The minimum Gasteiger partial charge on any atom is -0.449 e. The van der Waals surface area contributed by atoms with Gasteiger partial charge in [0.15, 0.2) is 6.10 Å². The molecule has 1 atom stereocenters. The number of aromatic nitrogens is 2. The van der Waals surface area contributed by atoms with E-state index in [2.05, 4.69) is 10.2 Å². The highest BCUT2D eigenvalue weighted by molar-refractivity contribution is 5.90. The zero-order valence-corrected chi connectivity index (χ0v) is 16.5. The van der Waals surface area contributed by atoms with Crippen LogP contribution in [0.5, 0.6) is 0 Å². The van der Waals surface area contributed by atoms with Crippen molar-refractivity contribution < 1.29 is 18.9 Å². The third-order valence-electron chi connectivity index (χ3n) is 4.63. The summed E-state index contributed by atoms with van der Waals surface area (Å²) in [5, 5.41) is 18.6. The maximum absolute atomic E-state index is 12.5. The Bertz CT molecular complexity index is 1200. The van der Waals surface area contributed by atoms with Gasteiger partial charge in [-0.3, -0.25) is 10.1 Å². The number of nitrogens with zero attached hydrogens (tertiary/aromatic N) is 3. The number of hydrogen-bond acceptors (Lipinski definition) is 7. The lowest BCUT2D eigenvalue weighted by Crippen LogP contribution is -2.09. The Labute approximate surface area is 177 Å². The number of nitro groups is 1.